The lowest BCUT2D eigenvalue weighted by Crippen LogP contribution is -2.16. The van der Waals surface area contributed by atoms with E-state index in [1.807, 2.05) is 0 Å². The van der Waals surface area contributed by atoms with Crippen molar-refractivity contribution in [1.29, 1.82) is 0 Å². The van der Waals surface area contributed by atoms with Gasteiger partial charge in [-0.15, -0.1) is 5.54 Å². The van der Waals surface area contributed by atoms with Crippen LogP contribution < -0.4 is 0 Å². The fourth-order valence-corrected chi connectivity index (χ4v) is 1.40. The number of aromatic nitrogens is 1. The van der Waals surface area contributed by atoms with E-state index in [1.54, 1.807) is 0 Å². The van der Waals surface area contributed by atoms with E-state index in [0.717, 1.165) is 0 Å². The minimum atomic E-state index is -1.50. The van der Waals surface area contributed by atoms with Gasteiger partial charge in [0.05, 0.1) is 6.61 Å². The Bertz CT molecular complexity index is 415. The van der Waals surface area contributed by atoms with Gasteiger partial charge in [-0.3, -0.25) is 0 Å². The molecule has 0 unspecified atom stereocenters. The summed E-state index contributed by atoms with van der Waals surface area (Å²) in [7, 11) is -1.50. The molecule has 15 heavy (non-hydrogen) atoms. The van der Waals surface area contributed by atoms with E-state index in [4.69, 9.17) is 5.11 Å². The van der Waals surface area contributed by atoms with Crippen LogP contribution in [0, 0.1) is 17.3 Å². The Morgan fingerprint density at radius 3 is 2.60 bits per heavy atom. The van der Waals surface area contributed by atoms with Gasteiger partial charge in [-0.1, -0.05) is 25.6 Å². The van der Waals surface area contributed by atoms with Crippen LogP contribution in [0.25, 0.3) is 0 Å². The molecule has 0 bridgehead atoms. The first-order valence-corrected chi connectivity index (χ1v) is 8.21. The van der Waals surface area contributed by atoms with Crippen molar-refractivity contribution >= 4 is 8.07 Å². The second kappa shape index (κ2) is 4.56. The lowest BCUT2D eigenvalue weighted by molar-refractivity contribution is 0.280. The summed E-state index contributed by atoms with van der Waals surface area (Å²) in [6.07, 6.45) is 1.44. The third kappa shape index (κ3) is 3.82. The minimum Gasteiger partial charge on any atom is -0.392 e. The summed E-state index contributed by atoms with van der Waals surface area (Å²) in [5.41, 5.74) is 3.67. The molecule has 1 aromatic rings. The average molecular weight is 223 g/mol. The fourth-order valence-electron chi connectivity index (χ4n) is 0.903. The predicted molar refractivity (Wildman–Crippen MR) is 60.3 cm³/mol. The number of hydrogen-bond donors (Lipinski definition) is 1. The molecule has 1 heterocycles. The standard InChI is InChI=1S/C11H14FNOSi/c1-15(2,3)5-4-11-10(12)6-9(8-14)7-13-11/h6-7,14H,8H2,1-3H3. The number of halogens is 1. The van der Waals surface area contributed by atoms with Crippen LogP contribution >= 0.6 is 0 Å². The molecule has 0 amide bonds. The molecule has 1 aromatic heterocycles. The maximum absolute atomic E-state index is 13.4. The van der Waals surface area contributed by atoms with Gasteiger partial charge in [-0.05, 0) is 11.6 Å². The maximum atomic E-state index is 13.4. The molecule has 0 aromatic carbocycles. The Labute approximate surface area is 90.2 Å². The van der Waals surface area contributed by atoms with Gasteiger partial charge in [-0.25, -0.2) is 9.37 Å². The van der Waals surface area contributed by atoms with Gasteiger partial charge in [0.1, 0.15) is 13.8 Å². The highest BCUT2D eigenvalue weighted by Gasteiger charge is 2.08. The van der Waals surface area contributed by atoms with Crippen LogP contribution in [0.4, 0.5) is 4.39 Å². The quantitative estimate of drug-likeness (QED) is 0.583. The van der Waals surface area contributed by atoms with E-state index in [2.05, 4.69) is 36.1 Å². The highest BCUT2D eigenvalue weighted by molar-refractivity contribution is 6.83. The van der Waals surface area contributed by atoms with Crippen LogP contribution in [-0.4, -0.2) is 18.2 Å². The Morgan fingerprint density at radius 2 is 2.13 bits per heavy atom. The third-order valence-corrected chi connectivity index (χ3v) is 2.51. The summed E-state index contributed by atoms with van der Waals surface area (Å²) in [5.74, 6) is 2.28. The first-order valence-electron chi connectivity index (χ1n) is 4.71. The van der Waals surface area contributed by atoms with Gasteiger partial charge in [0.25, 0.3) is 0 Å². The number of nitrogens with zero attached hydrogens (tertiary/aromatic N) is 1. The Kier molecular flexibility index (Phi) is 3.61. The van der Waals surface area contributed by atoms with Gasteiger partial charge in [0.2, 0.25) is 0 Å². The number of rotatable bonds is 1. The van der Waals surface area contributed by atoms with E-state index >= 15 is 0 Å². The van der Waals surface area contributed by atoms with Crippen LogP contribution in [0.2, 0.25) is 19.6 Å². The van der Waals surface area contributed by atoms with Crippen molar-refractivity contribution in [3.63, 3.8) is 0 Å². The molecule has 0 aliphatic rings. The van der Waals surface area contributed by atoms with Crippen molar-refractivity contribution in [3.8, 4) is 11.5 Å². The Balaban J connectivity index is 3.01. The number of aliphatic hydroxyl groups is 1. The van der Waals surface area contributed by atoms with Crippen LogP contribution in [0.15, 0.2) is 12.3 Å². The van der Waals surface area contributed by atoms with Crippen molar-refractivity contribution in [2.75, 3.05) is 0 Å². The van der Waals surface area contributed by atoms with E-state index in [1.165, 1.54) is 12.3 Å². The first kappa shape index (κ1) is 11.9. The summed E-state index contributed by atoms with van der Waals surface area (Å²) in [4.78, 5) is 3.87. The second-order valence-electron chi connectivity index (χ2n) is 4.33. The fraction of sp³-hybridized carbons (Fsp3) is 0.364. The molecule has 1 N–H and O–H groups in total. The lowest BCUT2D eigenvalue weighted by Gasteiger charge is -2.03. The molecule has 1 rings (SSSR count). The molecule has 0 saturated carbocycles. The third-order valence-electron chi connectivity index (χ3n) is 1.64. The zero-order valence-corrected chi connectivity index (χ0v) is 10.1. The first-order chi connectivity index (χ1) is 6.92. The summed E-state index contributed by atoms with van der Waals surface area (Å²) < 4.78 is 13.4. The summed E-state index contributed by atoms with van der Waals surface area (Å²) in [6.45, 7) is 6.05. The summed E-state index contributed by atoms with van der Waals surface area (Å²) >= 11 is 0. The Morgan fingerprint density at radius 1 is 1.47 bits per heavy atom. The molecule has 2 nitrogen and oxygen atoms in total. The maximum Gasteiger partial charge on any atom is 0.157 e. The van der Waals surface area contributed by atoms with Crippen LogP contribution in [0.3, 0.4) is 0 Å². The van der Waals surface area contributed by atoms with E-state index < -0.39 is 13.9 Å². The highest BCUT2D eigenvalue weighted by atomic mass is 28.3. The minimum absolute atomic E-state index is 0.162. The molecule has 0 radical (unpaired) electrons. The van der Waals surface area contributed by atoms with Gasteiger partial charge < -0.3 is 5.11 Å². The molecular weight excluding hydrogens is 209 g/mol. The molecule has 4 heteroatoms. The molecule has 0 spiro atoms. The number of aliphatic hydroxyl groups excluding tert-OH is 1. The number of hydrogen-bond acceptors (Lipinski definition) is 2. The van der Waals surface area contributed by atoms with Gasteiger partial charge in [-0.2, -0.15) is 0 Å². The van der Waals surface area contributed by atoms with Crippen LogP contribution in [0.5, 0.6) is 0 Å². The smallest absolute Gasteiger partial charge is 0.157 e. The molecule has 0 atom stereocenters. The van der Waals surface area contributed by atoms with Crippen molar-refractivity contribution in [1.82, 2.24) is 4.98 Å². The SMILES string of the molecule is C[Si](C)(C)C#Cc1ncc(CO)cc1F. The van der Waals surface area contributed by atoms with Crippen molar-refractivity contribution in [2.24, 2.45) is 0 Å². The molecule has 0 aliphatic heterocycles. The molecule has 80 valence electrons. The van der Waals surface area contributed by atoms with Crippen LogP contribution in [-0.2, 0) is 6.61 Å². The van der Waals surface area contributed by atoms with E-state index in [-0.39, 0.29) is 12.3 Å². The molecule has 0 aliphatic carbocycles. The average Bonchev–Trinajstić information content (AvgIpc) is 2.14. The highest BCUT2D eigenvalue weighted by Crippen LogP contribution is 2.06. The number of pyridine rings is 1. The second-order valence-corrected chi connectivity index (χ2v) is 9.08. The molecule has 0 fully saturated rings. The largest absolute Gasteiger partial charge is 0.392 e. The molecule has 0 saturated heterocycles. The topological polar surface area (TPSA) is 33.1 Å². The lowest BCUT2D eigenvalue weighted by atomic mass is 10.2. The van der Waals surface area contributed by atoms with Crippen molar-refractivity contribution in [3.05, 3.63) is 29.3 Å². The zero-order chi connectivity index (χ0) is 11.5. The monoisotopic (exact) mass is 223 g/mol. The predicted octanol–water partition coefficient (Wildman–Crippen LogP) is 1.94. The Hall–Kier alpha value is -1.18. The van der Waals surface area contributed by atoms with Crippen molar-refractivity contribution in [2.45, 2.75) is 26.2 Å². The zero-order valence-electron chi connectivity index (χ0n) is 9.13. The van der Waals surface area contributed by atoms with Gasteiger partial charge in [0.15, 0.2) is 5.82 Å². The van der Waals surface area contributed by atoms with Gasteiger partial charge in [0, 0.05) is 6.20 Å². The summed E-state index contributed by atoms with van der Waals surface area (Å²) in [6, 6.07) is 1.27. The van der Waals surface area contributed by atoms with Crippen LogP contribution in [0.1, 0.15) is 11.3 Å². The van der Waals surface area contributed by atoms with Crippen molar-refractivity contribution < 1.29 is 9.50 Å². The van der Waals surface area contributed by atoms with E-state index in [0.29, 0.717) is 5.56 Å². The normalized spacial score (nSPS) is 10.7. The van der Waals surface area contributed by atoms with Gasteiger partial charge >= 0.3 is 0 Å². The molecular formula is C11H14FNOSi. The van der Waals surface area contributed by atoms with E-state index in [9.17, 15) is 4.39 Å². The summed E-state index contributed by atoms with van der Waals surface area (Å²) in [5, 5.41) is 8.78.